The van der Waals surface area contributed by atoms with Gasteiger partial charge in [-0.3, -0.25) is 9.58 Å². The molecular formula is C23H32N4O2. The van der Waals surface area contributed by atoms with E-state index in [-0.39, 0.29) is 12.6 Å². The number of amides is 2. The highest BCUT2D eigenvalue weighted by atomic mass is 16.3. The number of aliphatic hydroxyl groups is 1. The number of fused-ring (bicyclic) bond motifs is 2. The van der Waals surface area contributed by atoms with E-state index in [1.165, 1.54) is 22.1 Å². The summed E-state index contributed by atoms with van der Waals surface area (Å²) in [5, 5.41) is 11.4. The lowest BCUT2D eigenvalue weighted by Crippen LogP contribution is -2.42. The second-order valence-electron chi connectivity index (χ2n) is 7.91. The fourth-order valence-corrected chi connectivity index (χ4v) is 5.05. The number of hydrogen-bond acceptors (Lipinski definition) is 3. The van der Waals surface area contributed by atoms with Gasteiger partial charge in [-0.2, -0.15) is 0 Å². The van der Waals surface area contributed by atoms with Gasteiger partial charge in [-0.1, -0.05) is 25.1 Å². The number of aromatic nitrogens is 1. The van der Waals surface area contributed by atoms with Gasteiger partial charge in [-0.25, -0.2) is 10.2 Å². The largest absolute Gasteiger partial charge is 0.390 e. The summed E-state index contributed by atoms with van der Waals surface area (Å²) in [5.41, 5.74) is 8.63. The third-order valence-electron chi connectivity index (χ3n) is 6.41. The average Bonchev–Trinajstić information content (AvgIpc) is 3.03. The van der Waals surface area contributed by atoms with Gasteiger partial charge >= 0.3 is 6.03 Å². The van der Waals surface area contributed by atoms with E-state index < -0.39 is 0 Å². The Hall–Kier alpha value is -2.31. The third kappa shape index (κ3) is 3.24. The lowest BCUT2D eigenvalue weighted by Gasteiger charge is -2.39. The zero-order valence-corrected chi connectivity index (χ0v) is 17.7. The lowest BCUT2D eigenvalue weighted by molar-refractivity contribution is 0.213. The van der Waals surface area contributed by atoms with E-state index in [0.29, 0.717) is 19.1 Å². The molecule has 2 aromatic rings. The van der Waals surface area contributed by atoms with Crippen LogP contribution >= 0.6 is 0 Å². The van der Waals surface area contributed by atoms with Crippen molar-refractivity contribution in [3.63, 3.8) is 0 Å². The van der Waals surface area contributed by atoms with Crippen molar-refractivity contribution in [2.75, 3.05) is 31.6 Å². The van der Waals surface area contributed by atoms with Gasteiger partial charge < -0.3 is 10.0 Å². The van der Waals surface area contributed by atoms with Crippen LogP contribution in [-0.4, -0.2) is 57.8 Å². The van der Waals surface area contributed by atoms with E-state index in [4.69, 9.17) is 0 Å². The van der Waals surface area contributed by atoms with Gasteiger partial charge in [0.1, 0.15) is 0 Å². The highest BCUT2D eigenvalue weighted by Crippen LogP contribution is 2.42. The molecule has 0 unspecified atom stereocenters. The van der Waals surface area contributed by atoms with E-state index in [0.717, 1.165) is 43.6 Å². The number of carbonyl (C=O) groups excluding carboxylic acids is 1. The molecule has 6 heteroatoms. The molecule has 2 amide bonds. The van der Waals surface area contributed by atoms with Crippen LogP contribution in [0, 0.1) is 0 Å². The number of carbonyl (C=O) groups is 1. The fourth-order valence-electron chi connectivity index (χ4n) is 5.05. The van der Waals surface area contributed by atoms with E-state index in [2.05, 4.69) is 35.5 Å². The molecule has 2 aliphatic rings. The van der Waals surface area contributed by atoms with Gasteiger partial charge in [-0.15, -0.1) is 0 Å². The van der Waals surface area contributed by atoms with Crippen molar-refractivity contribution < 1.29 is 9.90 Å². The molecule has 156 valence electrons. The number of hydrogen-bond donors (Lipinski definition) is 2. The molecule has 1 aliphatic heterocycles. The Labute approximate surface area is 172 Å². The van der Waals surface area contributed by atoms with E-state index in [1.54, 1.807) is 4.90 Å². The maximum atomic E-state index is 12.8. The van der Waals surface area contributed by atoms with Crippen molar-refractivity contribution >= 4 is 22.5 Å². The summed E-state index contributed by atoms with van der Waals surface area (Å²) < 4.78 is 1.82. The van der Waals surface area contributed by atoms with Crippen LogP contribution in [-0.2, 0) is 13.0 Å². The highest BCUT2D eigenvalue weighted by Gasteiger charge is 2.35. The molecule has 1 aromatic heterocycles. The van der Waals surface area contributed by atoms with Crippen molar-refractivity contribution in [3.8, 4) is 0 Å². The van der Waals surface area contributed by atoms with Crippen LogP contribution in [0.3, 0.4) is 0 Å². The summed E-state index contributed by atoms with van der Waals surface area (Å²) in [6.45, 7) is 9.54. The first-order valence-electron chi connectivity index (χ1n) is 10.9. The Morgan fingerprint density at radius 2 is 2.07 bits per heavy atom. The quantitative estimate of drug-likeness (QED) is 0.785. The van der Waals surface area contributed by atoms with Crippen molar-refractivity contribution in [1.29, 1.82) is 0 Å². The fraction of sp³-hybridized carbons (Fsp3) is 0.522. The number of nitrogens with one attached hydrogen (secondary N) is 1. The molecule has 1 atom stereocenters. The molecule has 0 fully saturated rings. The molecule has 0 spiro atoms. The third-order valence-corrected chi connectivity index (χ3v) is 6.41. The zero-order chi connectivity index (χ0) is 20.5. The summed E-state index contributed by atoms with van der Waals surface area (Å²) in [6.07, 6.45) is 5.47. The first-order chi connectivity index (χ1) is 14.1. The SMILES string of the molecule is CCCN1CCC=C2c3cccc4c3c(c(CO)n4NC(=O)N(CC)CC)C[C@H]21. The Bertz CT molecular complexity index is 942. The maximum absolute atomic E-state index is 12.8. The Morgan fingerprint density at radius 1 is 1.28 bits per heavy atom. The minimum absolute atomic E-state index is 0.0957. The highest BCUT2D eigenvalue weighted by molar-refractivity contribution is 6.00. The molecule has 2 N–H and O–H groups in total. The molecule has 0 bridgehead atoms. The number of nitrogens with zero attached hydrogens (tertiary/aromatic N) is 3. The van der Waals surface area contributed by atoms with Crippen molar-refractivity contribution in [1.82, 2.24) is 14.5 Å². The molecule has 1 aliphatic carbocycles. The van der Waals surface area contributed by atoms with E-state index in [1.807, 2.05) is 24.6 Å². The second kappa shape index (κ2) is 8.20. The maximum Gasteiger partial charge on any atom is 0.336 e. The molecule has 29 heavy (non-hydrogen) atoms. The smallest absolute Gasteiger partial charge is 0.336 e. The average molecular weight is 397 g/mol. The summed E-state index contributed by atoms with van der Waals surface area (Å²) >= 11 is 0. The first kappa shape index (κ1) is 20.0. The minimum atomic E-state index is -0.137. The minimum Gasteiger partial charge on any atom is -0.390 e. The van der Waals surface area contributed by atoms with E-state index in [9.17, 15) is 9.90 Å². The van der Waals surface area contributed by atoms with Gasteiger partial charge in [0, 0.05) is 31.1 Å². The Kier molecular flexibility index (Phi) is 5.65. The number of aliphatic hydroxyl groups excluding tert-OH is 1. The standard InChI is InChI=1S/C23H32N4O2/c1-4-12-26-13-8-10-16-17-9-7-11-19-22(17)18(14-20(16)26)21(15-28)27(19)24-23(29)25(5-2)6-3/h7,9-11,20,28H,4-6,8,12-15H2,1-3H3,(H,24,29)/t20-/m1/s1. The van der Waals surface area contributed by atoms with Crippen LogP contribution in [0.5, 0.6) is 0 Å². The molecule has 2 heterocycles. The Morgan fingerprint density at radius 3 is 2.76 bits per heavy atom. The molecule has 6 nitrogen and oxygen atoms in total. The molecule has 0 saturated carbocycles. The number of rotatable bonds is 6. The molecule has 0 saturated heterocycles. The molecular weight excluding hydrogens is 364 g/mol. The van der Waals surface area contributed by atoms with E-state index >= 15 is 0 Å². The number of urea groups is 1. The van der Waals surface area contributed by atoms with Gasteiger partial charge in [0.05, 0.1) is 17.8 Å². The molecule has 4 rings (SSSR count). The van der Waals surface area contributed by atoms with Crippen LogP contribution in [0.15, 0.2) is 24.3 Å². The lowest BCUT2D eigenvalue weighted by atomic mass is 9.81. The zero-order valence-electron chi connectivity index (χ0n) is 17.7. The first-order valence-corrected chi connectivity index (χ1v) is 10.9. The molecule has 0 radical (unpaired) electrons. The van der Waals surface area contributed by atoms with Gasteiger partial charge in [0.2, 0.25) is 0 Å². The normalized spacial score (nSPS) is 18.5. The second-order valence-corrected chi connectivity index (χ2v) is 7.91. The van der Waals surface area contributed by atoms with Gasteiger partial charge in [-0.05, 0) is 62.4 Å². The van der Waals surface area contributed by atoms with Crippen LogP contribution in [0.25, 0.3) is 16.5 Å². The van der Waals surface area contributed by atoms with Crippen LogP contribution < -0.4 is 5.43 Å². The van der Waals surface area contributed by atoms with Crippen LogP contribution in [0.1, 0.15) is 50.4 Å². The van der Waals surface area contributed by atoms with Crippen LogP contribution in [0.4, 0.5) is 4.79 Å². The summed E-state index contributed by atoms with van der Waals surface area (Å²) in [7, 11) is 0. The Balaban J connectivity index is 1.83. The van der Waals surface area contributed by atoms with Gasteiger partial charge in [0.25, 0.3) is 0 Å². The summed E-state index contributed by atoms with van der Waals surface area (Å²) in [5.74, 6) is 0. The summed E-state index contributed by atoms with van der Waals surface area (Å²) in [6, 6.07) is 6.50. The van der Waals surface area contributed by atoms with Crippen LogP contribution in [0.2, 0.25) is 0 Å². The van der Waals surface area contributed by atoms with Crippen molar-refractivity contribution in [3.05, 3.63) is 41.1 Å². The predicted molar refractivity (Wildman–Crippen MR) is 117 cm³/mol. The molecule has 1 aromatic carbocycles. The number of benzene rings is 1. The predicted octanol–water partition coefficient (Wildman–Crippen LogP) is 3.56. The topological polar surface area (TPSA) is 60.7 Å². The van der Waals surface area contributed by atoms with Crippen molar-refractivity contribution in [2.45, 2.75) is 52.7 Å². The summed E-state index contributed by atoms with van der Waals surface area (Å²) in [4.78, 5) is 17.1. The van der Waals surface area contributed by atoms with Gasteiger partial charge in [0.15, 0.2) is 0 Å². The monoisotopic (exact) mass is 396 g/mol. The van der Waals surface area contributed by atoms with Crippen molar-refractivity contribution in [2.24, 2.45) is 0 Å².